The van der Waals surface area contributed by atoms with Crippen LogP contribution in [0.5, 0.6) is 0 Å². The minimum absolute atomic E-state index is 0.136. The van der Waals surface area contributed by atoms with Crippen molar-refractivity contribution in [2.75, 3.05) is 13.2 Å². The zero-order chi connectivity index (χ0) is 28.1. The maximum absolute atomic E-state index is 9.54. The molecule has 0 fully saturated rings. The van der Waals surface area contributed by atoms with Crippen LogP contribution in [-0.2, 0) is 0 Å². The molecule has 0 aliphatic heterocycles. The van der Waals surface area contributed by atoms with Crippen molar-refractivity contribution < 1.29 is 10.2 Å². The van der Waals surface area contributed by atoms with Gasteiger partial charge in [-0.15, -0.1) is 0 Å². The molecule has 0 saturated heterocycles. The summed E-state index contributed by atoms with van der Waals surface area (Å²) in [5.74, 6) is 0. The lowest BCUT2D eigenvalue weighted by molar-refractivity contribution is 0.171. The minimum Gasteiger partial charge on any atom is -0.394 e. The maximum Gasteiger partial charge on any atom is 0.0611 e. The van der Waals surface area contributed by atoms with E-state index >= 15 is 0 Å². The molecule has 4 heteroatoms. The average molecular weight is 529 g/mol. The predicted octanol–water partition coefficient (Wildman–Crippen LogP) is 9.18. The van der Waals surface area contributed by atoms with Gasteiger partial charge in [0.15, 0.2) is 0 Å². The Bertz CT molecular complexity index is 417. The molecule has 0 radical (unpaired) electrons. The molecule has 0 spiro atoms. The molecule has 0 aromatic rings. The number of unbranched alkanes of at least 4 members (excludes halogenated alkanes) is 17. The highest BCUT2D eigenvalue weighted by Crippen LogP contribution is 2.21. The summed E-state index contributed by atoms with van der Waals surface area (Å²) in [5.41, 5.74) is 11.8. The first-order chi connectivity index (χ1) is 17.9. The van der Waals surface area contributed by atoms with Gasteiger partial charge >= 0.3 is 0 Å². The van der Waals surface area contributed by atoms with E-state index in [1.165, 1.54) is 128 Å². The van der Waals surface area contributed by atoms with Crippen molar-refractivity contribution in [1.82, 2.24) is 0 Å². The van der Waals surface area contributed by atoms with Crippen molar-refractivity contribution in [3.63, 3.8) is 0 Å². The molecule has 1 atom stereocenters. The first kappa shape index (κ1) is 39.0. The van der Waals surface area contributed by atoms with Crippen LogP contribution in [0.2, 0.25) is 0 Å². The van der Waals surface area contributed by atoms with Gasteiger partial charge in [-0.2, -0.15) is 0 Å². The first-order valence-electron chi connectivity index (χ1n) is 16.7. The van der Waals surface area contributed by atoms with Crippen LogP contribution in [-0.4, -0.2) is 34.5 Å². The topological polar surface area (TPSA) is 92.5 Å². The van der Waals surface area contributed by atoms with E-state index < -0.39 is 0 Å². The van der Waals surface area contributed by atoms with Gasteiger partial charge in [0.25, 0.3) is 0 Å². The zero-order valence-electron chi connectivity index (χ0n) is 26.1. The van der Waals surface area contributed by atoms with E-state index in [9.17, 15) is 10.2 Å². The van der Waals surface area contributed by atoms with Crippen LogP contribution in [0.15, 0.2) is 0 Å². The van der Waals surface area contributed by atoms with E-state index in [4.69, 9.17) is 11.5 Å². The molecule has 0 bridgehead atoms. The third kappa shape index (κ3) is 27.2. The predicted molar refractivity (Wildman–Crippen MR) is 166 cm³/mol. The van der Waals surface area contributed by atoms with Gasteiger partial charge < -0.3 is 21.7 Å². The molecule has 0 amide bonds. The van der Waals surface area contributed by atoms with E-state index in [0.717, 1.165) is 32.1 Å². The summed E-state index contributed by atoms with van der Waals surface area (Å²) in [5, 5.41) is 18.8. The van der Waals surface area contributed by atoms with Gasteiger partial charge in [0.2, 0.25) is 0 Å². The standard InChI is InChI=1S/C18H39NO.C15H33NO/c1-3-5-7-9-11-13-15-18(19,17-20)16-14-12-10-8-6-4-2;1-3-5-6-7-8-9-10-11-13-15(16,14-17)12-4-2/h20H,3-17,19H2,1-2H3;17H,3-14,16H2,1-2H3. The summed E-state index contributed by atoms with van der Waals surface area (Å²) < 4.78 is 0. The number of hydrogen-bond acceptors (Lipinski definition) is 4. The number of hydrogen-bond donors (Lipinski definition) is 4. The fraction of sp³-hybridized carbons (Fsp3) is 1.00. The quantitative estimate of drug-likeness (QED) is 0.0799. The molecule has 37 heavy (non-hydrogen) atoms. The molecule has 0 aromatic carbocycles. The van der Waals surface area contributed by atoms with Crippen LogP contribution >= 0.6 is 0 Å². The normalized spacial score (nSPS) is 13.3. The second-order valence-electron chi connectivity index (χ2n) is 12.1. The van der Waals surface area contributed by atoms with Crippen molar-refractivity contribution in [3.05, 3.63) is 0 Å². The Kier molecular flexibility index (Phi) is 30.4. The van der Waals surface area contributed by atoms with Gasteiger partial charge in [0.1, 0.15) is 0 Å². The Hall–Kier alpha value is -0.160. The molecular weight excluding hydrogens is 456 g/mol. The van der Waals surface area contributed by atoms with Crippen LogP contribution in [0.25, 0.3) is 0 Å². The van der Waals surface area contributed by atoms with E-state index in [2.05, 4.69) is 27.7 Å². The molecular formula is C33H72N2O2. The molecule has 0 aromatic heterocycles. The lowest BCUT2D eigenvalue weighted by atomic mass is 9.88. The highest BCUT2D eigenvalue weighted by Gasteiger charge is 2.23. The van der Waals surface area contributed by atoms with Crippen LogP contribution in [0.3, 0.4) is 0 Å². The van der Waals surface area contributed by atoms with E-state index in [-0.39, 0.29) is 24.3 Å². The molecule has 1 unspecified atom stereocenters. The van der Waals surface area contributed by atoms with Gasteiger partial charge in [-0.3, -0.25) is 0 Å². The van der Waals surface area contributed by atoms with Crippen LogP contribution in [0.1, 0.15) is 188 Å². The van der Waals surface area contributed by atoms with Crippen molar-refractivity contribution in [2.24, 2.45) is 11.5 Å². The summed E-state index contributed by atoms with van der Waals surface area (Å²) in [6.45, 7) is 9.16. The van der Waals surface area contributed by atoms with E-state index in [1.807, 2.05) is 0 Å². The molecule has 0 saturated carbocycles. The van der Waals surface area contributed by atoms with Gasteiger partial charge in [-0.05, 0) is 25.7 Å². The lowest BCUT2D eigenvalue weighted by Gasteiger charge is -2.27. The number of aliphatic hydroxyl groups is 2. The SMILES string of the molecule is CCCCCCCCC(N)(CO)CCCCCCCC.CCCCCCCCCCC(N)(CO)CCC. The first-order valence-corrected chi connectivity index (χ1v) is 16.7. The zero-order valence-corrected chi connectivity index (χ0v) is 26.1. The molecule has 6 N–H and O–H groups in total. The summed E-state index contributed by atoms with van der Waals surface area (Å²) in [6, 6.07) is 0. The fourth-order valence-corrected chi connectivity index (χ4v) is 5.19. The van der Waals surface area contributed by atoms with Crippen molar-refractivity contribution in [3.8, 4) is 0 Å². The van der Waals surface area contributed by atoms with Crippen LogP contribution in [0.4, 0.5) is 0 Å². The average Bonchev–Trinajstić information content (AvgIpc) is 2.90. The van der Waals surface area contributed by atoms with Crippen molar-refractivity contribution in [1.29, 1.82) is 0 Å². The molecule has 4 nitrogen and oxygen atoms in total. The third-order valence-electron chi connectivity index (χ3n) is 7.96. The number of rotatable bonds is 27. The Labute approximate surface area is 234 Å². The smallest absolute Gasteiger partial charge is 0.0611 e. The molecule has 0 heterocycles. The fourth-order valence-electron chi connectivity index (χ4n) is 5.19. The van der Waals surface area contributed by atoms with Gasteiger partial charge in [0, 0.05) is 11.1 Å². The Morgan fingerprint density at radius 1 is 0.351 bits per heavy atom. The van der Waals surface area contributed by atoms with Crippen molar-refractivity contribution in [2.45, 2.75) is 199 Å². The largest absolute Gasteiger partial charge is 0.394 e. The van der Waals surface area contributed by atoms with Crippen LogP contribution in [0, 0.1) is 0 Å². The highest BCUT2D eigenvalue weighted by atomic mass is 16.3. The monoisotopic (exact) mass is 529 g/mol. The van der Waals surface area contributed by atoms with Crippen LogP contribution < -0.4 is 11.5 Å². The number of nitrogens with two attached hydrogens (primary N) is 2. The summed E-state index contributed by atoms with van der Waals surface area (Å²) in [4.78, 5) is 0. The highest BCUT2D eigenvalue weighted by molar-refractivity contribution is 4.83. The van der Waals surface area contributed by atoms with Gasteiger partial charge in [-0.1, -0.05) is 163 Å². The molecule has 0 aliphatic carbocycles. The second-order valence-corrected chi connectivity index (χ2v) is 12.1. The Balaban J connectivity index is 0. The van der Waals surface area contributed by atoms with Gasteiger partial charge in [0.05, 0.1) is 13.2 Å². The summed E-state index contributed by atoms with van der Waals surface area (Å²) in [7, 11) is 0. The maximum atomic E-state index is 9.54. The second kappa shape index (κ2) is 28.8. The van der Waals surface area contributed by atoms with Crippen molar-refractivity contribution >= 4 is 0 Å². The molecule has 0 aliphatic rings. The molecule has 0 rings (SSSR count). The van der Waals surface area contributed by atoms with Gasteiger partial charge in [-0.25, -0.2) is 0 Å². The minimum atomic E-state index is -0.310. The van der Waals surface area contributed by atoms with E-state index in [1.54, 1.807) is 0 Å². The third-order valence-corrected chi connectivity index (χ3v) is 7.96. The summed E-state index contributed by atoms with van der Waals surface area (Å²) >= 11 is 0. The lowest BCUT2D eigenvalue weighted by Crippen LogP contribution is -2.43. The Morgan fingerprint density at radius 3 is 0.838 bits per heavy atom. The van der Waals surface area contributed by atoms with E-state index in [0.29, 0.717) is 0 Å². The summed E-state index contributed by atoms with van der Waals surface area (Å²) in [6.07, 6.45) is 31.2. The Morgan fingerprint density at radius 2 is 0.595 bits per heavy atom. The molecule has 226 valence electrons. The number of aliphatic hydroxyl groups excluding tert-OH is 2.